The number of benzene rings is 12. The maximum Gasteiger partial charge on any atom is 0.136 e. The van der Waals surface area contributed by atoms with Crippen molar-refractivity contribution in [2.75, 3.05) is 4.90 Å². The first-order chi connectivity index (χ1) is 31.7. The van der Waals surface area contributed by atoms with E-state index in [1.807, 2.05) is 12.1 Å². The lowest BCUT2D eigenvalue weighted by molar-refractivity contribution is 0.669. The number of hydrogen-bond acceptors (Lipinski definition) is 2. The fourth-order valence-corrected chi connectivity index (χ4v) is 10.2. The predicted octanol–water partition coefficient (Wildman–Crippen LogP) is 17.8. The lowest BCUT2D eigenvalue weighted by Gasteiger charge is -2.28. The van der Waals surface area contributed by atoms with Crippen LogP contribution in [-0.2, 0) is 0 Å². The van der Waals surface area contributed by atoms with Crippen molar-refractivity contribution in [3.8, 4) is 33.4 Å². The average molecular weight is 814 g/mol. The summed E-state index contributed by atoms with van der Waals surface area (Å²) in [5.74, 6) is 0. The van der Waals surface area contributed by atoms with Gasteiger partial charge in [-0.3, -0.25) is 0 Å². The largest absolute Gasteiger partial charge is 0.456 e. The van der Waals surface area contributed by atoms with Crippen LogP contribution in [0.1, 0.15) is 0 Å². The van der Waals surface area contributed by atoms with E-state index in [4.69, 9.17) is 4.42 Å². The molecule has 1 heterocycles. The van der Waals surface area contributed by atoms with Crippen LogP contribution in [0, 0.1) is 0 Å². The van der Waals surface area contributed by atoms with Crippen molar-refractivity contribution in [2.24, 2.45) is 0 Å². The van der Waals surface area contributed by atoms with Crippen molar-refractivity contribution in [3.05, 3.63) is 237 Å². The highest BCUT2D eigenvalue weighted by Gasteiger charge is 2.20. The van der Waals surface area contributed by atoms with Crippen molar-refractivity contribution in [2.45, 2.75) is 0 Å². The van der Waals surface area contributed by atoms with E-state index in [9.17, 15) is 0 Å². The third kappa shape index (κ3) is 5.81. The second-order valence-electron chi connectivity index (χ2n) is 16.8. The van der Waals surface area contributed by atoms with Gasteiger partial charge in [-0.25, -0.2) is 0 Å². The third-order valence-electron chi connectivity index (χ3n) is 13.2. The van der Waals surface area contributed by atoms with Gasteiger partial charge in [-0.2, -0.15) is 0 Å². The van der Waals surface area contributed by atoms with Gasteiger partial charge < -0.3 is 9.32 Å². The lowest BCUT2D eigenvalue weighted by Crippen LogP contribution is -2.10. The van der Waals surface area contributed by atoms with Crippen LogP contribution < -0.4 is 4.90 Å². The van der Waals surface area contributed by atoms with Gasteiger partial charge in [0.05, 0.1) is 5.69 Å². The summed E-state index contributed by atoms with van der Waals surface area (Å²) in [6, 6.07) is 86.2. The van der Waals surface area contributed by atoms with E-state index < -0.39 is 0 Å². The predicted molar refractivity (Wildman–Crippen MR) is 272 cm³/mol. The molecule has 0 N–H and O–H groups in total. The molecule has 0 bridgehead atoms. The lowest BCUT2D eigenvalue weighted by atomic mass is 9.86. The van der Waals surface area contributed by atoms with E-state index >= 15 is 0 Å². The molecule has 0 spiro atoms. The fraction of sp³-hybridized carbons (Fsp3) is 0. The first-order valence-electron chi connectivity index (χ1n) is 22.0. The van der Waals surface area contributed by atoms with Crippen molar-refractivity contribution in [1.29, 1.82) is 0 Å². The van der Waals surface area contributed by atoms with Gasteiger partial charge in [0.25, 0.3) is 0 Å². The molecule has 64 heavy (non-hydrogen) atoms. The zero-order valence-corrected chi connectivity index (χ0v) is 34.9. The minimum absolute atomic E-state index is 0.899. The quantitative estimate of drug-likeness (QED) is 0.156. The first kappa shape index (κ1) is 36.2. The second kappa shape index (κ2) is 14.6. The molecule has 0 fully saturated rings. The standard InChI is InChI=1S/C62H39NO/c1-6-18-50-41(13-1)29-35-51(62(50)58-37-44-14-2-4-16-48(44)52-19-7-8-21-54(52)58)42-27-33-47(34-28-42)63(59-38-45-15-3-5-17-49(45)53-20-9-10-22-55(53)59)46-31-25-40(26-32-46)43-30-36-57-56-23-11-12-24-60(56)64-61(57)39-43/h1-39H. The SMILES string of the molecule is c1ccc2c(-c3cc4ccccc4c4ccccc34)c(-c3ccc(N(c4ccc(-c5ccc6c(c5)oc5ccccc56)cc4)c4cc5ccccc5c5ccccc45)cc3)ccc2c1. The first-order valence-corrected chi connectivity index (χ1v) is 22.0. The number of furan rings is 1. The number of nitrogens with zero attached hydrogens (tertiary/aromatic N) is 1. The topological polar surface area (TPSA) is 16.4 Å². The third-order valence-corrected chi connectivity index (χ3v) is 13.2. The Morgan fingerprint density at radius 2 is 0.766 bits per heavy atom. The minimum Gasteiger partial charge on any atom is -0.456 e. The van der Waals surface area contributed by atoms with Crippen LogP contribution in [0.25, 0.3) is 109 Å². The summed E-state index contributed by atoms with van der Waals surface area (Å²) in [6.45, 7) is 0. The summed E-state index contributed by atoms with van der Waals surface area (Å²) < 4.78 is 6.29. The zero-order valence-electron chi connectivity index (χ0n) is 34.9. The molecule has 0 saturated carbocycles. The molecule has 0 atom stereocenters. The van der Waals surface area contributed by atoms with E-state index in [1.54, 1.807) is 0 Å². The van der Waals surface area contributed by atoms with E-state index in [1.165, 1.54) is 76.1 Å². The molecule has 0 unspecified atom stereocenters. The molecule has 298 valence electrons. The average Bonchev–Trinajstić information content (AvgIpc) is 3.74. The fourth-order valence-electron chi connectivity index (χ4n) is 10.2. The molecular weight excluding hydrogens is 775 g/mol. The summed E-state index contributed by atoms with van der Waals surface area (Å²) in [5, 5.41) is 14.7. The van der Waals surface area contributed by atoms with E-state index in [0.29, 0.717) is 0 Å². The Morgan fingerprint density at radius 3 is 1.47 bits per heavy atom. The monoisotopic (exact) mass is 813 g/mol. The molecule has 0 aliphatic heterocycles. The highest BCUT2D eigenvalue weighted by atomic mass is 16.3. The van der Waals surface area contributed by atoms with Gasteiger partial charge in [0, 0.05) is 27.5 Å². The Hall–Kier alpha value is -8.46. The Bertz CT molecular complexity index is 3950. The molecular formula is C62H39NO. The number of anilines is 3. The van der Waals surface area contributed by atoms with Crippen molar-refractivity contribution in [3.63, 3.8) is 0 Å². The molecule has 0 aliphatic rings. The summed E-state index contributed by atoms with van der Waals surface area (Å²) in [4.78, 5) is 2.42. The summed E-state index contributed by atoms with van der Waals surface area (Å²) >= 11 is 0. The Morgan fingerprint density at radius 1 is 0.266 bits per heavy atom. The van der Waals surface area contributed by atoms with Gasteiger partial charge in [-0.05, 0) is 136 Å². The Balaban J connectivity index is 0.977. The summed E-state index contributed by atoms with van der Waals surface area (Å²) in [5.41, 5.74) is 12.2. The molecule has 2 heteroatoms. The minimum atomic E-state index is 0.899. The van der Waals surface area contributed by atoms with Gasteiger partial charge in [0.2, 0.25) is 0 Å². The molecule has 1 aromatic heterocycles. The summed E-state index contributed by atoms with van der Waals surface area (Å²) in [7, 11) is 0. The van der Waals surface area contributed by atoms with Gasteiger partial charge in [0.1, 0.15) is 11.2 Å². The number of fused-ring (bicyclic) bond motifs is 10. The van der Waals surface area contributed by atoms with Crippen LogP contribution in [0.15, 0.2) is 241 Å². The van der Waals surface area contributed by atoms with Crippen molar-refractivity contribution >= 4 is 92.9 Å². The Labute approximate surface area is 370 Å². The molecule has 2 nitrogen and oxygen atoms in total. The van der Waals surface area contributed by atoms with Gasteiger partial charge in [0.15, 0.2) is 0 Å². The maximum atomic E-state index is 6.29. The summed E-state index contributed by atoms with van der Waals surface area (Å²) in [6.07, 6.45) is 0. The molecule has 12 aromatic carbocycles. The van der Waals surface area contributed by atoms with E-state index in [0.717, 1.165) is 50.1 Å². The second-order valence-corrected chi connectivity index (χ2v) is 16.8. The van der Waals surface area contributed by atoms with Crippen LogP contribution in [0.5, 0.6) is 0 Å². The van der Waals surface area contributed by atoms with E-state index in [2.05, 4.69) is 229 Å². The highest BCUT2D eigenvalue weighted by molar-refractivity contribution is 6.19. The zero-order chi connectivity index (χ0) is 42.1. The van der Waals surface area contributed by atoms with E-state index in [-0.39, 0.29) is 0 Å². The van der Waals surface area contributed by atoms with Crippen LogP contribution in [-0.4, -0.2) is 0 Å². The normalized spacial score (nSPS) is 11.8. The molecule has 13 rings (SSSR count). The number of para-hydroxylation sites is 1. The van der Waals surface area contributed by atoms with Gasteiger partial charge in [-0.1, -0.05) is 182 Å². The molecule has 0 radical (unpaired) electrons. The molecule has 0 saturated heterocycles. The van der Waals surface area contributed by atoms with Crippen molar-refractivity contribution in [1.82, 2.24) is 0 Å². The number of rotatable bonds is 6. The van der Waals surface area contributed by atoms with Crippen molar-refractivity contribution < 1.29 is 4.42 Å². The van der Waals surface area contributed by atoms with Gasteiger partial charge >= 0.3 is 0 Å². The van der Waals surface area contributed by atoms with Crippen LogP contribution in [0.2, 0.25) is 0 Å². The smallest absolute Gasteiger partial charge is 0.136 e. The van der Waals surface area contributed by atoms with Crippen LogP contribution in [0.4, 0.5) is 17.1 Å². The molecule has 0 amide bonds. The highest BCUT2D eigenvalue weighted by Crippen LogP contribution is 2.46. The molecule has 13 aromatic rings. The number of hydrogen-bond donors (Lipinski definition) is 0. The maximum absolute atomic E-state index is 6.29. The van der Waals surface area contributed by atoms with Crippen LogP contribution >= 0.6 is 0 Å². The molecule has 0 aliphatic carbocycles. The van der Waals surface area contributed by atoms with Gasteiger partial charge in [-0.15, -0.1) is 0 Å². The Kier molecular flexibility index (Phi) is 8.25. The van der Waals surface area contributed by atoms with Crippen LogP contribution in [0.3, 0.4) is 0 Å².